The van der Waals surface area contributed by atoms with Crippen molar-refractivity contribution < 1.29 is 5.11 Å². The topological polar surface area (TPSA) is 74.4 Å². The molecule has 0 spiro atoms. The van der Waals surface area contributed by atoms with E-state index in [1.54, 1.807) is 12.1 Å². The number of piperidine rings is 1. The Balaban J connectivity index is 1.97. The van der Waals surface area contributed by atoms with Gasteiger partial charge in [0.1, 0.15) is 5.82 Å². The van der Waals surface area contributed by atoms with Gasteiger partial charge in [-0.25, -0.2) is 10.8 Å². The first-order valence-corrected chi connectivity index (χ1v) is 6.56. The molecule has 0 saturated carbocycles. The van der Waals surface area contributed by atoms with Crippen LogP contribution in [0.4, 0.5) is 5.82 Å². The minimum atomic E-state index is 0.291. The number of nitrogen functional groups attached to an aromatic ring is 1. The summed E-state index contributed by atoms with van der Waals surface area (Å²) in [6.07, 6.45) is 2.06. The lowest BCUT2D eigenvalue weighted by Gasteiger charge is -2.30. The Morgan fingerprint density at radius 2 is 2.17 bits per heavy atom. The van der Waals surface area contributed by atoms with Crippen molar-refractivity contribution in [2.24, 2.45) is 11.8 Å². The van der Waals surface area contributed by atoms with Crippen LogP contribution < -0.4 is 11.3 Å². The van der Waals surface area contributed by atoms with E-state index in [0.29, 0.717) is 23.4 Å². The molecule has 0 atom stereocenters. The maximum absolute atomic E-state index is 9.11. The van der Waals surface area contributed by atoms with E-state index in [-0.39, 0.29) is 0 Å². The summed E-state index contributed by atoms with van der Waals surface area (Å²) in [5, 5.41) is 9.77. The molecule has 1 aliphatic rings. The van der Waals surface area contributed by atoms with Crippen LogP contribution in [-0.4, -0.2) is 34.7 Å². The monoisotopic (exact) mass is 270 g/mol. The fraction of sp³-hybridized carbons (Fsp3) is 0.583. The molecule has 1 aromatic heterocycles. The summed E-state index contributed by atoms with van der Waals surface area (Å²) in [6, 6.07) is 3.56. The number of aliphatic hydroxyl groups is 1. The Labute approximate surface area is 112 Å². The molecule has 2 rings (SSSR count). The third kappa shape index (κ3) is 3.32. The molecule has 4 N–H and O–H groups in total. The van der Waals surface area contributed by atoms with Gasteiger partial charge >= 0.3 is 0 Å². The van der Waals surface area contributed by atoms with Gasteiger partial charge in [0.2, 0.25) is 0 Å². The Morgan fingerprint density at radius 3 is 2.78 bits per heavy atom. The van der Waals surface area contributed by atoms with Crippen molar-refractivity contribution in [3.05, 3.63) is 22.8 Å². The average molecular weight is 271 g/mol. The number of hydrogen-bond donors (Lipinski definition) is 3. The van der Waals surface area contributed by atoms with Gasteiger partial charge in [-0.1, -0.05) is 11.6 Å². The van der Waals surface area contributed by atoms with Crippen LogP contribution in [0.25, 0.3) is 0 Å². The van der Waals surface area contributed by atoms with Crippen molar-refractivity contribution >= 4 is 17.4 Å². The summed E-state index contributed by atoms with van der Waals surface area (Å²) in [5.74, 6) is 6.41. The highest BCUT2D eigenvalue weighted by molar-refractivity contribution is 6.31. The van der Waals surface area contributed by atoms with E-state index in [9.17, 15) is 0 Å². The van der Waals surface area contributed by atoms with Gasteiger partial charge in [0.15, 0.2) is 0 Å². The van der Waals surface area contributed by atoms with Crippen molar-refractivity contribution in [2.75, 3.05) is 25.1 Å². The SMILES string of the molecule is NNc1ccc(Cl)c(CN2CCC(CO)CC2)n1. The third-order valence-corrected chi connectivity index (χ3v) is 3.75. The van der Waals surface area contributed by atoms with Gasteiger partial charge in [-0.15, -0.1) is 0 Å². The molecular weight excluding hydrogens is 252 g/mol. The fourth-order valence-electron chi connectivity index (χ4n) is 2.21. The van der Waals surface area contributed by atoms with Crippen LogP contribution in [0.2, 0.25) is 5.02 Å². The number of nitrogens with two attached hydrogens (primary N) is 1. The first-order valence-electron chi connectivity index (χ1n) is 6.18. The number of hydrazine groups is 1. The summed E-state index contributed by atoms with van der Waals surface area (Å²) in [5.41, 5.74) is 3.37. The van der Waals surface area contributed by atoms with Gasteiger partial charge in [0.25, 0.3) is 0 Å². The van der Waals surface area contributed by atoms with Crippen molar-refractivity contribution in [2.45, 2.75) is 19.4 Å². The van der Waals surface area contributed by atoms with E-state index < -0.39 is 0 Å². The molecule has 1 aliphatic heterocycles. The first kappa shape index (κ1) is 13.5. The second kappa shape index (κ2) is 6.33. The largest absolute Gasteiger partial charge is 0.396 e. The molecule has 1 saturated heterocycles. The number of nitrogens with zero attached hydrogens (tertiary/aromatic N) is 2. The number of aromatic nitrogens is 1. The Kier molecular flexibility index (Phi) is 4.77. The van der Waals surface area contributed by atoms with Crippen LogP contribution >= 0.6 is 11.6 Å². The lowest BCUT2D eigenvalue weighted by molar-refractivity contribution is 0.126. The number of rotatable bonds is 4. The molecule has 18 heavy (non-hydrogen) atoms. The molecule has 0 unspecified atom stereocenters. The van der Waals surface area contributed by atoms with Gasteiger partial charge in [-0.2, -0.15) is 0 Å². The zero-order valence-corrected chi connectivity index (χ0v) is 11.0. The minimum Gasteiger partial charge on any atom is -0.396 e. The van der Waals surface area contributed by atoms with E-state index in [1.165, 1.54) is 0 Å². The maximum atomic E-state index is 9.11. The highest BCUT2D eigenvalue weighted by Crippen LogP contribution is 2.22. The number of nitrogens with one attached hydrogen (secondary N) is 1. The van der Waals surface area contributed by atoms with Crippen LogP contribution in [0.15, 0.2) is 12.1 Å². The van der Waals surface area contributed by atoms with E-state index in [0.717, 1.165) is 38.2 Å². The number of halogens is 1. The number of hydrogen-bond acceptors (Lipinski definition) is 5. The van der Waals surface area contributed by atoms with E-state index in [2.05, 4.69) is 15.3 Å². The van der Waals surface area contributed by atoms with Crippen LogP contribution in [0.1, 0.15) is 18.5 Å². The molecule has 0 aromatic carbocycles. The molecule has 0 radical (unpaired) electrons. The van der Waals surface area contributed by atoms with Crippen LogP contribution in [-0.2, 0) is 6.54 Å². The second-order valence-corrected chi connectivity index (χ2v) is 5.08. The van der Waals surface area contributed by atoms with E-state index >= 15 is 0 Å². The predicted molar refractivity (Wildman–Crippen MR) is 72.1 cm³/mol. The average Bonchev–Trinajstić information content (AvgIpc) is 2.42. The van der Waals surface area contributed by atoms with Gasteiger partial charge in [-0.3, -0.25) is 4.90 Å². The van der Waals surface area contributed by atoms with Crippen molar-refractivity contribution in [1.29, 1.82) is 0 Å². The summed E-state index contributed by atoms with van der Waals surface area (Å²) < 4.78 is 0. The molecule has 6 heteroatoms. The highest BCUT2D eigenvalue weighted by atomic mass is 35.5. The Hall–Kier alpha value is -0.880. The molecule has 0 amide bonds. The number of anilines is 1. The highest BCUT2D eigenvalue weighted by Gasteiger charge is 2.19. The van der Waals surface area contributed by atoms with Crippen molar-refractivity contribution in [1.82, 2.24) is 9.88 Å². The smallest absolute Gasteiger partial charge is 0.140 e. The summed E-state index contributed by atoms with van der Waals surface area (Å²) in [4.78, 5) is 6.67. The van der Waals surface area contributed by atoms with Gasteiger partial charge < -0.3 is 10.5 Å². The summed E-state index contributed by atoms with van der Waals surface area (Å²) >= 11 is 6.13. The first-order chi connectivity index (χ1) is 8.72. The Bertz CT molecular complexity index is 394. The molecule has 1 fully saturated rings. The third-order valence-electron chi connectivity index (χ3n) is 3.41. The van der Waals surface area contributed by atoms with Crippen LogP contribution in [0.5, 0.6) is 0 Å². The van der Waals surface area contributed by atoms with Gasteiger partial charge in [0.05, 0.1) is 10.7 Å². The van der Waals surface area contributed by atoms with Crippen LogP contribution in [0, 0.1) is 5.92 Å². The second-order valence-electron chi connectivity index (χ2n) is 4.67. The normalized spacial score (nSPS) is 17.9. The summed E-state index contributed by atoms with van der Waals surface area (Å²) in [6.45, 7) is 2.97. The van der Waals surface area contributed by atoms with E-state index in [1.807, 2.05) is 0 Å². The standard InChI is InChI=1S/C12H19ClN4O/c13-10-1-2-12(16-14)15-11(10)7-17-5-3-9(8-18)4-6-17/h1-2,9,18H,3-8,14H2,(H,15,16). The molecule has 5 nitrogen and oxygen atoms in total. The van der Waals surface area contributed by atoms with Crippen molar-refractivity contribution in [3.8, 4) is 0 Å². The van der Waals surface area contributed by atoms with E-state index in [4.69, 9.17) is 22.6 Å². The fourth-order valence-corrected chi connectivity index (χ4v) is 2.38. The van der Waals surface area contributed by atoms with Gasteiger partial charge in [0, 0.05) is 13.2 Å². The molecule has 0 aliphatic carbocycles. The van der Waals surface area contributed by atoms with Crippen LogP contribution in [0.3, 0.4) is 0 Å². The quantitative estimate of drug-likeness (QED) is 0.567. The maximum Gasteiger partial charge on any atom is 0.140 e. The number of aliphatic hydroxyl groups excluding tert-OH is 1. The van der Waals surface area contributed by atoms with Gasteiger partial charge in [-0.05, 0) is 44.0 Å². The molecule has 2 heterocycles. The molecular formula is C12H19ClN4O. The van der Waals surface area contributed by atoms with Crippen molar-refractivity contribution in [3.63, 3.8) is 0 Å². The molecule has 0 bridgehead atoms. The minimum absolute atomic E-state index is 0.291. The molecule has 1 aromatic rings. The zero-order chi connectivity index (χ0) is 13.0. The number of pyridine rings is 1. The molecule has 100 valence electrons. The summed E-state index contributed by atoms with van der Waals surface area (Å²) in [7, 11) is 0. The number of likely N-dealkylation sites (tertiary alicyclic amines) is 1. The predicted octanol–water partition coefficient (Wildman–Crippen LogP) is 1.22. The lowest BCUT2D eigenvalue weighted by atomic mass is 9.98. The zero-order valence-electron chi connectivity index (χ0n) is 10.3. The Morgan fingerprint density at radius 1 is 1.44 bits per heavy atom. The lowest BCUT2D eigenvalue weighted by Crippen LogP contribution is -2.34.